The summed E-state index contributed by atoms with van der Waals surface area (Å²) in [6.07, 6.45) is 0. The van der Waals surface area contributed by atoms with Crippen LogP contribution in [0.3, 0.4) is 0 Å². The average molecular weight is 425 g/mol. The van der Waals surface area contributed by atoms with E-state index in [9.17, 15) is 4.39 Å². The Balaban J connectivity index is 2.36. The third kappa shape index (κ3) is 3.20. The molecule has 1 atom stereocenters. The van der Waals surface area contributed by atoms with Crippen LogP contribution in [-0.2, 0) is 0 Å². The molecule has 88 valence electrons. The van der Waals surface area contributed by atoms with Crippen molar-refractivity contribution in [2.75, 3.05) is 0 Å². The lowest BCUT2D eigenvalue weighted by Crippen LogP contribution is -1.96. The van der Waals surface area contributed by atoms with Crippen LogP contribution in [0.1, 0.15) is 16.0 Å². The molecule has 0 N–H and O–H groups in total. The molecule has 0 spiro atoms. The van der Waals surface area contributed by atoms with Gasteiger partial charge in [0.2, 0.25) is 0 Å². The summed E-state index contributed by atoms with van der Waals surface area (Å²) in [6.45, 7) is 0. The molecule has 17 heavy (non-hydrogen) atoms. The molecule has 0 fully saturated rings. The van der Waals surface area contributed by atoms with Gasteiger partial charge in [-0.15, -0.1) is 0 Å². The second-order valence-corrected chi connectivity index (χ2v) is 6.09. The van der Waals surface area contributed by atoms with Crippen molar-refractivity contribution in [2.45, 2.75) is 4.83 Å². The summed E-state index contributed by atoms with van der Waals surface area (Å²) in [5.41, 5.74) is 2.15. The molecule has 0 saturated heterocycles. The number of benzene rings is 2. The Morgan fingerprint density at radius 3 is 2.35 bits per heavy atom. The van der Waals surface area contributed by atoms with Gasteiger partial charge in [0.05, 0.1) is 4.83 Å². The van der Waals surface area contributed by atoms with Crippen LogP contribution in [0.5, 0.6) is 0 Å². The molecule has 0 aliphatic heterocycles. The summed E-state index contributed by atoms with van der Waals surface area (Å²) in [4.78, 5) is 0.0484. The molecule has 4 heteroatoms. The Hall–Kier alpha value is -0.130. The molecule has 2 aromatic rings. The molecule has 1 unspecified atom stereocenters. The van der Waals surface area contributed by atoms with Gasteiger partial charge in [0.1, 0.15) is 5.82 Å². The summed E-state index contributed by atoms with van der Waals surface area (Å²) >= 11 is 11.6. The van der Waals surface area contributed by atoms with E-state index in [1.807, 2.05) is 24.3 Å². The van der Waals surface area contributed by atoms with Gasteiger partial charge in [0, 0.05) is 8.59 Å². The third-order valence-corrected chi connectivity index (χ3v) is 4.61. The lowest BCUT2D eigenvalue weighted by Gasteiger charge is -2.12. The average Bonchev–Trinajstić information content (AvgIpc) is 2.29. The molecule has 0 aliphatic carbocycles. The van der Waals surface area contributed by atoms with Gasteiger partial charge in [-0.3, -0.25) is 0 Å². The summed E-state index contributed by atoms with van der Waals surface area (Å²) in [6, 6.07) is 12.4. The van der Waals surface area contributed by atoms with Gasteiger partial charge in [-0.2, -0.15) is 0 Å². The van der Waals surface area contributed by atoms with Crippen LogP contribution in [0.15, 0.2) is 42.5 Å². The van der Waals surface area contributed by atoms with Crippen LogP contribution < -0.4 is 0 Å². The fourth-order valence-electron chi connectivity index (χ4n) is 1.52. The summed E-state index contributed by atoms with van der Waals surface area (Å²) < 4.78 is 13.9. The first-order valence-corrected chi connectivity index (χ1v) is 7.29. The molecule has 2 aromatic carbocycles. The van der Waals surface area contributed by atoms with Gasteiger partial charge in [0.25, 0.3) is 0 Å². The molecule has 2 rings (SSSR count). The maximum absolute atomic E-state index is 13.0. The van der Waals surface area contributed by atoms with Crippen molar-refractivity contribution >= 4 is 50.1 Å². The summed E-state index contributed by atoms with van der Waals surface area (Å²) in [5.74, 6) is -0.214. The topological polar surface area (TPSA) is 0 Å². The zero-order chi connectivity index (χ0) is 12.4. The maximum Gasteiger partial charge on any atom is 0.124 e. The van der Waals surface area contributed by atoms with Crippen LogP contribution >= 0.6 is 50.1 Å². The van der Waals surface area contributed by atoms with Crippen LogP contribution in [0.2, 0.25) is 5.02 Å². The van der Waals surface area contributed by atoms with Crippen molar-refractivity contribution in [3.05, 3.63) is 68.0 Å². The first-order chi connectivity index (χ1) is 8.08. The fourth-order valence-corrected chi connectivity index (χ4v) is 3.57. The molecular formula is C13H8BrClFI. The summed E-state index contributed by atoms with van der Waals surface area (Å²) in [7, 11) is 0. The van der Waals surface area contributed by atoms with Gasteiger partial charge in [-0.25, -0.2) is 4.39 Å². The monoisotopic (exact) mass is 424 g/mol. The van der Waals surface area contributed by atoms with Gasteiger partial charge >= 0.3 is 0 Å². The predicted octanol–water partition coefficient (Wildman–Crippen LogP) is 5.57. The number of halogens is 4. The standard InChI is InChI=1S/C13H8BrClFI/c14-13(8-1-3-9(15)4-2-8)11-6-5-10(16)7-12(11)17/h1-7,13H. The predicted molar refractivity (Wildman–Crippen MR) is 81.3 cm³/mol. The second kappa shape index (κ2) is 5.67. The van der Waals surface area contributed by atoms with Gasteiger partial charge in [0.15, 0.2) is 0 Å². The molecule has 0 radical (unpaired) electrons. The van der Waals surface area contributed by atoms with E-state index in [1.165, 1.54) is 12.1 Å². The molecule has 0 bridgehead atoms. The molecule has 0 nitrogen and oxygen atoms in total. The Morgan fingerprint density at radius 2 is 1.76 bits per heavy atom. The van der Waals surface area contributed by atoms with E-state index >= 15 is 0 Å². The Bertz CT molecular complexity index is 527. The minimum absolute atomic E-state index is 0.0484. The fraction of sp³-hybridized carbons (Fsp3) is 0.0769. The van der Waals surface area contributed by atoms with E-state index in [-0.39, 0.29) is 10.6 Å². The minimum atomic E-state index is -0.214. The molecule has 0 aromatic heterocycles. The van der Waals surface area contributed by atoms with Gasteiger partial charge < -0.3 is 0 Å². The quantitative estimate of drug-likeness (QED) is 0.436. The van der Waals surface area contributed by atoms with E-state index in [2.05, 4.69) is 38.5 Å². The van der Waals surface area contributed by atoms with E-state index < -0.39 is 0 Å². The molecule has 0 heterocycles. The first-order valence-electron chi connectivity index (χ1n) is 4.92. The lowest BCUT2D eigenvalue weighted by atomic mass is 10.1. The van der Waals surface area contributed by atoms with E-state index in [1.54, 1.807) is 6.07 Å². The highest BCUT2D eigenvalue weighted by atomic mass is 127. The van der Waals surface area contributed by atoms with Crippen molar-refractivity contribution in [3.8, 4) is 0 Å². The Labute approximate surface area is 126 Å². The normalized spacial score (nSPS) is 12.5. The smallest absolute Gasteiger partial charge is 0.124 e. The van der Waals surface area contributed by atoms with Gasteiger partial charge in [-0.1, -0.05) is 45.7 Å². The number of hydrogen-bond donors (Lipinski definition) is 0. The highest BCUT2D eigenvalue weighted by molar-refractivity contribution is 14.1. The zero-order valence-electron chi connectivity index (χ0n) is 8.63. The van der Waals surface area contributed by atoms with Crippen LogP contribution in [0.25, 0.3) is 0 Å². The highest BCUT2D eigenvalue weighted by Crippen LogP contribution is 2.34. The van der Waals surface area contributed by atoms with Crippen molar-refractivity contribution < 1.29 is 4.39 Å². The van der Waals surface area contributed by atoms with E-state index in [0.29, 0.717) is 5.02 Å². The van der Waals surface area contributed by atoms with Crippen LogP contribution in [0, 0.1) is 9.39 Å². The number of hydrogen-bond acceptors (Lipinski definition) is 0. The van der Waals surface area contributed by atoms with Gasteiger partial charge in [-0.05, 0) is 58.0 Å². The first kappa shape index (κ1) is 13.3. The largest absolute Gasteiger partial charge is 0.207 e. The van der Waals surface area contributed by atoms with E-state index in [0.717, 1.165) is 14.7 Å². The summed E-state index contributed by atoms with van der Waals surface area (Å²) in [5, 5.41) is 0.710. The van der Waals surface area contributed by atoms with Crippen molar-refractivity contribution in [1.82, 2.24) is 0 Å². The van der Waals surface area contributed by atoms with Crippen LogP contribution in [0.4, 0.5) is 4.39 Å². The molecule has 0 saturated carbocycles. The van der Waals surface area contributed by atoms with Crippen molar-refractivity contribution in [3.63, 3.8) is 0 Å². The third-order valence-electron chi connectivity index (χ3n) is 2.40. The van der Waals surface area contributed by atoms with Crippen molar-refractivity contribution in [2.24, 2.45) is 0 Å². The Kier molecular flexibility index (Phi) is 4.44. The highest BCUT2D eigenvalue weighted by Gasteiger charge is 2.13. The van der Waals surface area contributed by atoms with E-state index in [4.69, 9.17) is 11.6 Å². The second-order valence-electron chi connectivity index (χ2n) is 3.58. The lowest BCUT2D eigenvalue weighted by molar-refractivity contribution is 0.626. The molecular weight excluding hydrogens is 417 g/mol. The van der Waals surface area contributed by atoms with Crippen LogP contribution in [-0.4, -0.2) is 0 Å². The number of rotatable bonds is 2. The Morgan fingerprint density at radius 1 is 1.12 bits per heavy atom. The molecule has 0 amide bonds. The maximum atomic E-state index is 13.0. The number of alkyl halides is 1. The minimum Gasteiger partial charge on any atom is -0.207 e. The zero-order valence-corrected chi connectivity index (χ0v) is 13.1. The SMILES string of the molecule is Fc1ccc(C(Br)c2ccc(Cl)cc2)c(I)c1. The van der Waals surface area contributed by atoms with Crippen molar-refractivity contribution in [1.29, 1.82) is 0 Å². The molecule has 0 aliphatic rings.